The van der Waals surface area contributed by atoms with E-state index in [1.54, 1.807) is 12.4 Å². The van der Waals surface area contributed by atoms with E-state index in [-0.39, 0.29) is 11.5 Å². The lowest BCUT2D eigenvalue weighted by molar-refractivity contribution is 0.313. The molecule has 1 saturated heterocycles. The minimum Gasteiger partial charge on any atom is -0.383 e. The number of nitrogens with two attached hydrogens (primary N) is 1. The summed E-state index contributed by atoms with van der Waals surface area (Å²) in [5, 5.41) is 0. The average Bonchev–Trinajstić information content (AvgIpc) is 3.31. The minimum absolute atomic E-state index is 0.0591. The van der Waals surface area contributed by atoms with Crippen LogP contribution in [0.15, 0.2) is 67.1 Å². The van der Waals surface area contributed by atoms with Crippen LogP contribution in [-0.4, -0.2) is 52.7 Å². The highest BCUT2D eigenvalue weighted by Gasteiger charge is 2.18. The van der Waals surface area contributed by atoms with Gasteiger partial charge in [0.05, 0.1) is 11.3 Å². The Labute approximate surface area is 190 Å². The number of aromatic nitrogens is 3. The van der Waals surface area contributed by atoms with Crippen molar-refractivity contribution < 1.29 is 8.78 Å². The van der Waals surface area contributed by atoms with Crippen LogP contribution in [0.25, 0.3) is 28.2 Å². The van der Waals surface area contributed by atoms with Gasteiger partial charge in [-0.3, -0.25) is 4.57 Å². The fraction of sp³-hybridized carbons (Fsp3) is 0.200. The summed E-state index contributed by atoms with van der Waals surface area (Å²) in [7, 11) is 2.14. The molecule has 3 heterocycles. The Hall–Kier alpha value is -3.78. The van der Waals surface area contributed by atoms with Gasteiger partial charge in [0.25, 0.3) is 0 Å². The van der Waals surface area contributed by atoms with Gasteiger partial charge >= 0.3 is 0 Å². The second-order valence-electron chi connectivity index (χ2n) is 8.19. The van der Waals surface area contributed by atoms with Gasteiger partial charge < -0.3 is 15.5 Å². The molecular formula is C25H24F2N6. The SMILES string of the molecule is CN1CCN(c2ccc(-c3cnc(N)c(-c4nccn4-c4cccc(F)c4F)c3)cc2)CC1. The predicted molar refractivity (Wildman–Crippen MR) is 126 cm³/mol. The van der Waals surface area contributed by atoms with Gasteiger partial charge in [0.1, 0.15) is 11.6 Å². The third-order valence-corrected chi connectivity index (χ3v) is 6.06. The van der Waals surface area contributed by atoms with E-state index in [1.807, 2.05) is 6.07 Å². The largest absolute Gasteiger partial charge is 0.383 e. The van der Waals surface area contributed by atoms with E-state index in [0.29, 0.717) is 11.4 Å². The topological polar surface area (TPSA) is 63.2 Å². The van der Waals surface area contributed by atoms with Crippen LogP contribution in [0, 0.1) is 11.6 Å². The van der Waals surface area contributed by atoms with Crippen LogP contribution < -0.4 is 10.6 Å². The highest BCUT2D eigenvalue weighted by atomic mass is 19.2. The summed E-state index contributed by atoms with van der Waals surface area (Å²) >= 11 is 0. The molecule has 33 heavy (non-hydrogen) atoms. The average molecular weight is 447 g/mol. The molecule has 8 heteroatoms. The van der Waals surface area contributed by atoms with Crippen LogP contribution in [0.3, 0.4) is 0 Å². The zero-order valence-electron chi connectivity index (χ0n) is 18.2. The molecule has 0 bridgehead atoms. The Morgan fingerprint density at radius 1 is 0.909 bits per heavy atom. The molecule has 1 fully saturated rings. The minimum atomic E-state index is -0.945. The van der Waals surface area contributed by atoms with Crippen molar-refractivity contribution in [1.29, 1.82) is 0 Å². The lowest BCUT2D eigenvalue weighted by Gasteiger charge is -2.34. The van der Waals surface area contributed by atoms with E-state index >= 15 is 0 Å². The standard InChI is InChI=1S/C25H24F2N6/c1-31-11-13-32(14-12-31)19-7-5-17(6-8-19)18-15-20(24(28)30-16-18)25-29-9-10-33(25)22-4-2-3-21(26)23(22)27/h2-10,15-16H,11-14H2,1H3,(H2,28,30). The Bertz CT molecular complexity index is 1280. The summed E-state index contributed by atoms with van der Waals surface area (Å²) in [6.45, 7) is 4.10. The first-order valence-corrected chi connectivity index (χ1v) is 10.8. The molecule has 0 unspecified atom stereocenters. The molecule has 1 aliphatic rings. The molecule has 0 radical (unpaired) electrons. The molecule has 0 aliphatic carbocycles. The van der Waals surface area contributed by atoms with Crippen molar-refractivity contribution in [3.8, 4) is 28.2 Å². The van der Waals surface area contributed by atoms with Crippen molar-refractivity contribution in [2.45, 2.75) is 0 Å². The van der Waals surface area contributed by atoms with Gasteiger partial charge in [0.2, 0.25) is 0 Å². The number of hydrogen-bond donors (Lipinski definition) is 1. The van der Waals surface area contributed by atoms with Gasteiger partial charge in [-0.1, -0.05) is 18.2 Å². The van der Waals surface area contributed by atoms with E-state index in [9.17, 15) is 8.78 Å². The summed E-state index contributed by atoms with van der Waals surface area (Å²) in [5.74, 6) is -1.22. The summed E-state index contributed by atoms with van der Waals surface area (Å²) in [6, 6.07) is 14.2. The molecule has 2 aromatic carbocycles. The molecule has 168 valence electrons. The Balaban J connectivity index is 1.48. The van der Waals surface area contributed by atoms with Crippen LogP contribution in [0.4, 0.5) is 20.3 Å². The summed E-state index contributed by atoms with van der Waals surface area (Å²) in [4.78, 5) is 13.4. The fourth-order valence-electron chi connectivity index (χ4n) is 4.12. The van der Waals surface area contributed by atoms with E-state index in [2.05, 4.69) is 51.1 Å². The number of imidazole rings is 1. The monoisotopic (exact) mass is 446 g/mol. The van der Waals surface area contributed by atoms with Crippen LogP contribution in [-0.2, 0) is 0 Å². The van der Waals surface area contributed by atoms with Crippen molar-refractivity contribution in [1.82, 2.24) is 19.4 Å². The van der Waals surface area contributed by atoms with Crippen molar-refractivity contribution >= 4 is 11.5 Å². The number of benzene rings is 2. The Morgan fingerprint density at radius 2 is 1.67 bits per heavy atom. The zero-order chi connectivity index (χ0) is 22.9. The molecule has 6 nitrogen and oxygen atoms in total. The highest BCUT2D eigenvalue weighted by Crippen LogP contribution is 2.32. The van der Waals surface area contributed by atoms with Crippen LogP contribution in [0.2, 0.25) is 0 Å². The molecule has 0 saturated carbocycles. The van der Waals surface area contributed by atoms with E-state index in [4.69, 9.17) is 5.73 Å². The molecule has 2 aromatic heterocycles. The normalized spacial score (nSPS) is 14.6. The lowest BCUT2D eigenvalue weighted by Crippen LogP contribution is -2.44. The number of rotatable bonds is 4. The highest BCUT2D eigenvalue weighted by molar-refractivity contribution is 5.77. The predicted octanol–water partition coefficient (Wildman–Crippen LogP) is 4.21. The first kappa shape index (κ1) is 21.1. The molecule has 2 N–H and O–H groups in total. The number of nitrogens with zero attached hydrogens (tertiary/aromatic N) is 5. The van der Waals surface area contributed by atoms with Gasteiger partial charge in [0, 0.05) is 56.0 Å². The number of anilines is 2. The van der Waals surface area contributed by atoms with Gasteiger partial charge in [-0.25, -0.2) is 18.7 Å². The van der Waals surface area contributed by atoms with Gasteiger partial charge in [0.15, 0.2) is 11.6 Å². The van der Waals surface area contributed by atoms with Gasteiger partial charge in [-0.2, -0.15) is 0 Å². The lowest BCUT2D eigenvalue weighted by atomic mass is 10.0. The summed E-state index contributed by atoms with van der Waals surface area (Å²) < 4.78 is 29.7. The second kappa shape index (κ2) is 8.63. The van der Waals surface area contributed by atoms with Crippen molar-refractivity contribution in [2.75, 3.05) is 43.9 Å². The first-order valence-electron chi connectivity index (χ1n) is 10.8. The number of likely N-dealkylation sites (N-methyl/N-ethyl adjacent to an activating group) is 1. The fourth-order valence-corrected chi connectivity index (χ4v) is 4.12. The number of halogens is 2. The van der Waals surface area contributed by atoms with E-state index in [0.717, 1.165) is 43.4 Å². The number of nitrogen functional groups attached to an aromatic ring is 1. The van der Waals surface area contributed by atoms with Crippen LogP contribution in [0.1, 0.15) is 0 Å². The van der Waals surface area contributed by atoms with E-state index in [1.165, 1.54) is 28.6 Å². The van der Waals surface area contributed by atoms with Crippen molar-refractivity contribution in [2.24, 2.45) is 0 Å². The summed E-state index contributed by atoms with van der Waals surface area (Å²) in [6.07, 6.45) is 4.81. The Kier molecular flexibility index (Phi) is 5.51. The number of piperazine rings is 1. The Morgan fingerprint density at radius 3 is 2.42 bits per heavy atom. The molecule has 5 rings (SSSR count). The third-order valence-electron chi connectivity index (χ3n) is 6.06. The summed E-state index contributed by atoms with van der Waals surface area (Å²) in [5.41, 5.74) is 9.80. The quantitative estimate of drug-likeness (QED) is 0.509. The third kappa shape index (κ3) is 4.05. The van der Waals surface area contributed by atoms with Crippen molar-refractivity contribution in [3.63, 3.8) is 0 Å². The van der Waals surface area contributed by atoms with Gasteiger partial charge in [-0.05, 0) is 42.9 Å². The maximum atomic E-state index is 14.4. The van der Waals surface area contributed by atoms with Crippen LogP contribution in [0.5, 0.6) is 0 Å². The second-order valence-corrected chi connectivity index (χ2v) is 8.19. The molecule has 4 aromatic rings. The molecular weight excluding hydrogens is 422 g/mol. The van der Waals surface area contributed by atoms with Crippen molar-refractivity contribution in [3.05, 3.63) is 78.8 Å². The molecule has 0 amide bonds. The maximum Gasteiger partial charge on any atom is 0.182 e. The first-order chi connectivity index (χ1) is 16.0. The van der Waals surface area contributed by atoms with Gasteiger partial charge in [-0.15, -0.1) is 0 Å². The zero-order valence-corrected chi connectivity index (χ0v) is 18.2. The maximum absolute atomic E-state index is 14.4. The smallest absolute Gasteiger partial charge is 0.182 e. The molecule has 0 atom stereocenters. The number of pyridine rings is 1. The van der Waals surface area contributed by atoms with E-state index < -0.39 is 11.6 Å². The van der Waals surface area contributed by atoms with Crippen LogP contribution >= 0.6 is 0 Å². The molecule has 0 spiro atoms. The number of hydrogen-bond acceptors (Lipinski definition) is 5. The molecule has 1 aliphatic heterocycles.